The van der Waals surface area contributed by atoms with Gasteiger partial charge in [0.15, 0.2) is 0 Å². The van der Waals surface area contributed by atoms with Gasteiger partial charge in [-0.25, -0.2) is 0 Å². The van der Waals surface area contributed by atoms with Crippen LogP contribution in [0, 0.1) is 11.8 Å². The number of hydrogen-bond acceptors (Lipinski definition) is 0. The van der Waals surface area contributed by atoms with E-state index in [-0.39, 0.29) is 0 Å². The first-order valence-electron chi connectivity index (χ1n) is 8.75. The average Bonchev–Trinajstić information content (AvgIpc) is 2.52. The minimum atomic E-state index is 0.661. The second-order valence-electron chi connectivity index (χ2n) is 6.06. The van der Waals surface area contributed by atoms with Crippen molar-refractivity contribution in [1.29, 1.82) is 0 Å². The normalized spacial score (nSPS) is 13.2. The van der Waals surface area contributed by atoms with Crippen molar-refractivity contribution in [3.05, 3.63) is 21.2 Å². The van der Waals surface area contributed by atoms with E-state index in [0.717, 1.165) is 12.8 Å². The number of rotatable bonds is 10. The molecule has 0 saturated carbocycles. The van der Waals surface area contributed by atoms with Gasteiger partial charge in [-0.05, 0) is 62.5 Å². The smallest absolute Gasteiger partial charge is 0.0745 e. The Balaban J connectivity index is 4.42. The Morgan fingerprint density at radius 2 is 1.00 bits per heavy atom. The Morgan fingerprint density at radius 3 is 1.32 bits per heavy atom. The highest BCUT2D eigenvalue weighted by atomic mass is 35.5. The SMILES string of the molecule is CCCCCC/C(C)=C(\Cl)C#C/C(Cl)=C(/C)CCCCCC. The molecule has 0 aromatic heterocycles. The second-order valence-corrected chi connectivity index (χ2v) is 6.82. The van der Waals surface area contributed by atoms with Crippen LogP contribution < -0.4 is 0 Å². The van der Waals surface area contributed by atoms with E-state index >= 15 is 0 Å². The molecule has 0 rings (SSSR count). The molecule has 22 heavy (non-hydrogen) atoms. The van der Waals surface area contributed by atoms with E-state index in [1.54, 1.807) is 0 Å². The van der Waals surface area contributed by atoms with Gasteiger partial charge >= 0.3 is 0 Å². The lowest BCUT2D eigenvalue weighted by Gasteiger charge is -2.02. The molecule has 0 radical (unpaired) electrons. The van der Waals surface area contributed by atoms with Crippen molar-refractivity contribution in [1.82, 2.24) is 0 Å². The van der Waals surface area contributed by atoms with Gasteiger partial charge in [-0.3, -0.25) is 0 Å². The topological polar surface area (TPSA) is 0 Å². The molecular weight excluding hydrogens is 311 g/mol. The van der Waals surface area contributed by atoms with E-state index in [0.29, 0.717) is 10.1 Å². The molecule has 126 valence electrons. The van der Waals surface area contributed by atoms with Crippen LogP contribution in [-0.2, 0) is 0 Å². The minimum Gasteiger partial charge on any atom is -0.0745 e. The Morgan fingerprint density at radius 1 is 0.636 bits per heavy atom. The fourth-order valence-corrected chi connectivity index (χ4v) is 2.46. The van der Waals surface area contributed by atoms with Crippen molar-refractivity contribution < 1.29 is 0 Å². The molecule has 0 heterocycles. The van der Waals surface area contributed by atoms with Crippen molar-refractivity contribution in [3.63, 3.8) is 0 Å². The first-order chi connectivity index (χ1) is 10.5. The second kappa shape index (κ2) is 14.2. The van der Waals surface area contributed by atoms with Crippen LogP contribution in [0.3, 0.4) is 0 Å². The van der Waals surface area contributed by atoms with Crippen molar-refractivity contribution in [2.24, 2.45) is 0 Å². The quantitative estimate of drug-likeness (QED) is 0.279. The summed E-state index contributed by atoms with van der Waals surface area (Å²) >= 11 is 12.5. The molecule has 0 saturated heterocycles. The molecule has 0 atom stereocenters. The van der Waals surface area contributed by atoms with Gasteiger partial charge in [-0.2, -0.15) is 0 Å². The molecule has 2 heteroatoms. The molecule has 0 amide bonds. The maximum Gasteiger partial charge on any atom is 0.0897 e. The standard InChI is InChI=1S/C20H32Cl2/c1-5-7-9-11-13-17(3)19(21)15-16-20(22)18(4)14-12-10-8-6-2/h5-14H2,1-4H3/b19-17-,20-18+. The van der Waals surface area contributed by atoms with Gasteiger partial charge in [0.2, 0.25) is 0 Å². The molecule has 0 nitrogen and oxygen atoms in total. The van der Waals surface area contributed by atoms with Crippen LogP contribution in [0.2, 0.25) is 0 Å². The largest absolute Gasteiger partial charge is 0.0897 e. The Bertz CT molecular complexity index is 381. The van der Waals surface area contributed by atoms with Crippen LogP contribution >= 0.6 is 23.2 Å². The van der Waals surface area contributed by atoms with Crippen molar-refractivity contribution in [2.75, 3.05) is 0 Å². The highest BCUT2D eigenvalue weighted by Gasteiger charge is 1.99. The fraction of sp³-hybridized carbons (Fsp3) is 0.700. The van der Waals surface area contributed by atoms with E-state index in [1.165, 1.54) is 62.5 Å². The zero-order valence-electron chi connectivity index (χ0n) is 14.8. The van der Waals surface area contributed by atoms with Crippen molar-refractivity contribution in [2.45, 2.75) is 91.9 Å². The third-order valence-electron chi connectivity index (χ3n) is 3.84. The van der Waals surface area contributed by atoms with E-state index in [9.17, 15) is 0 Å². The van der Waals surface area contributed by atoms with Gasteiger partial charge in [-0.15, -0.1) is 0 Å². The molecular formula is C20H32Cl2. The summed E-state index contributed by atoms with van der Waals surface area (Å²) in [6, 6.07) is 0. The number of halogens is 2. The third-order valence-corrected chi connectivity index (χ3v) is 4.68. The van der Waals surface area contributed by atoms with E-state index in [4.69, 9.17) is 23.2 Å². The molecule has 0 unspecified atom stereocenters. The van der Waals surface area contributed by atoms with Crippen LogP contribution in [0.5, 0.6) is 0 Å². The monoisotopic (exact) mass is 342 g/mol. The summed E-state index contributed by atoms with van der Waals surface area (Å²) in [5.41, 5.74) is 2.35. The molecule has 0 N–H and O–H groups in total. The third kappa shape index (κ3) is 11.2. The molecule has 0 spiro atoms. The predicted molar refractivity (Wildman–Crippen MR) is 102 cm³/mol. The Hall–Kier alpha value is -0.380. The lowest BCUT2D eigenvalue weighted by molar-refractivity contribution is 0.664. The van der Waals surface area contributed by atoms with Crippen LogP contribution in [0.15, 0.2) is 21.2 Å². The summed E-state index contributed by atoms with van der Waals surface area (Å²) in [6.45, 7) is 8.58. The molecule has 0 aliphatic heterocycles. The maximum absolute atomic E-state index is 6.26. The van der Waals surface area contributed by atoms with Crippen LogP contribution in [0.4, 0.5) is 0 Å². The zero-order chi connectivity index (χ0) is 16.8. The zero-order valence-corrected chi connectivity index (χ0v) is 16.3. The summed E-state index contributed by atoms with van der Waals surface area (Å²) in [5.74, 6) is 6.02. The van der Waals surface area contributed by atoms with Gasteiger partial charge in [0.25, 0.3) is 0 Å². The number of allylic oxidation sites excluding steroid dienone is 4. The molecule has 0 aliphatic rings. The summed E-state index contributed by atoms with van der Waals surface area (Å²) in [7, 11) is 0. The fourth-order valence-electron chi connectivity index (χ4n) is 2.18. The van der Waals surface area contributed by atoms with Gasteiger partial charge < -0.3 is 0 Å². The first-order valence-corrected chi connectivity index (χ1v) is 9.51. The van der Waals surface area contributed by atoms with Crippen LogP contribution in [0.1, 0.15) is 91.9 Å². The van der Waals surface area contributed by atoms with Crippen molar-refractivity contribution in [3.8, 4) is 11.8 Å². The molecule has 0 bridgehead atoms. The summed E-state index contributed by atoms with van der Waals surface area (Å²) in [4.78, 5) is 0. The van der Waals surface area contributed by atoms with Gasteiger partial charge in [0.1, 0.15) is 0 Å². The highest BCUT2D eigenvalue weighted by Crippen LogP contribution is 2.18. The summed E-state index contributed by atoms with van der Waals surface area (Å²) in [6.07, 6.45) is 12.1. The first kappa shape index (κ1) is 21.6. The van der Waals surface area contributed by atoms with Gasteiger partial charge in [0, 0.05) is 0 Å². The highest BCUT2D eigenvalue weighted by molar-refractivity contribution is 6.34. The van der Waals surface area contributed by atoms with E-state index in [2.05, 4.69) is 39.5 Å². The summed E-state index contributed by atoms with van der Waals surface area (Å²) in [5, 5.41) is 1.32. The van der Waals surface area contributed by atoms with Crippen LogP contribution in [0.25, 0.3) is 0 Å². The van der Waals surface area contributed by atoms with Gasteiger partial charge in [-0.1, -0.05) is 75.6 Å². The molecule has 0 fully saturated rings. The predicted octanol–water partition coefficient (Wildman–Crippen LogP) is 7.96. The lowest BCUT2D eigenvalue weighted by Crippen LogP contribution is -1.84. The molecule has 0 aliphatic carbocycles. The van der Waals surface area contributed by atoms with Gasteiger partial charge in [0.05, 0.1) is 10.1 Å². The number of unbranched alkanes of at least 4 members (excludes halogenated alkanes) is 6. The number of hydrogen-bond donors (Lipinski definition) is 0. The molecule has 0 aromatic rings. The maximum atomic E-state index is 6.26. The van der Waals surface area contributed by atoms with E-state index in [1.807, 2.05) is 0 Å². The minimum absolute atomic E-state index is 0.661. The van der Waals surface area contributed by atoms with Crippen LogP contribution in [-0.4, -0.2) is 0 Å². The van der Waals surface area contributed by atoms with E-state index < -0.39 is 0 Å². The average molecular weight is 343 g/mol. The lowest BCUT2D eigenvalue weighted by atomic mass is 10.1. The van der Waals surface area contributed by atoms with Crippen molar-refractivity contribution >= 4 is 23.2 Å². The summed E-state index contributed by atoms with van der Waals surface area (Å²) < 4.78 is 0. The molecule has 0 aromatic carbocycles. The Kier molecular flexibility index (Phi) is 14.0. The Labute approximate surface area is 148 Å².